The van der Waals surface area contributed by atoms with E-state index in [1.54, 1.807) is 60.5 Å². The van der Waals surface area contributed by atoms with E-state index in [2.05, 4.69) is 15.5 Å². The second-order valence-corrected chi connectivity index (χ2v) is 12.1. The van der Waals surface area contributed by atoms with Crippen LogP contribution >= 0.6 is 23.2 Å². The average molecular weight is 593 g/mol. The van der Waals surface area contributed by atoms with Gasteiger partial charge in [0.25, 0.3) is 5.91 Å². The third kappa shape index (κ3) is 3.84. The number of likely N-dealkylation sites (tertiary alicyclic amines) is 1. The van der Waals surface area contributed by atoms with E-state index in [1.165, 1.54) is 6.07 Å². The number of hydrogen-bond donors (Lipinski definition) is 2. The van der Waals surface area contributed by atoms with Crippen LogP contribution in [0.25, 0.3) is 0 Å². The molecule has 41 heavy (non-hydrogen) atoms. The van der Waals surface area contributed by atoms with E-state index >= 15 is 4.39 Å². The average Bonchev–Trinajstić information content (AvgIpc) is 3.59. The summed E-state index contributed by atoms with van der Waals surface area (Å²) in [6, 6.07) is 16.5. The van der Waals surface area contributed by atoms with Gasteiger partial charge in [-0.05, 0) is 66.8 Å². The molecule has 7 rings (SSSR count). The van der Waals surface area contributed by atoms with E-state index in [0.717, 1.165) is 12.8 Å². The predicted molar refractivity (Wildman–Crippen MR) is 155 cm³/mol. The summed E-state index contributed by atoms with van der Waals surface area (Å²) in [7, 11) is 1.56. The number of nitrogens with zero attached hydrogens (tertiary/aromatic N) is 2. The highest BCUT2D eigenvalue weighted by Gasteiger charge is 2.71. The highest BCUT2D eigenvalue weighted by Crippen LogP contribution is 2.62. The summed E-state index contributed by atoms with van der Waals surface area (Å²) in [5.41, 5.74) is 1.33. The summed E-state index contributed by atoms with van der Waals surface area (Å²) < 4.78 is 16.0. The van der Waals surface area contributed by atoms with Crippen molar-refractivity contribution >= 4 is 52.3 Å². The fourth-order valence-corrected chi connectivity index (χ4v) is 7.54. The minimum absolute atomic E-state index is 0.0586. The van der Waals surface area contributed by atoms with Crippen molar-refractivity contribution in [1.82, 2.24) is 10.2 Å². The first kappa shape index (κ1) is 26.4. The summed E-state index contributed by atoms with van der Waals surface area (Å²) in [6.07, 6.45) is 2.07. The zero-order valence-corrected chi connectivity index (χ0v) is 23.7. The molecule has 0 unspecified atom stereocenters. The molecule has 0 aromatic heterocycles. The van der Waals surface area contributed by atoms with Crippen molar-refractivity contribution in [2.24, 2.45) is 11.8 Å². The number of hydrogen-bond acceptors (Lipinski definition) is 4. The minimum Gasteiger partial charge on any atom is -0.355 e. The molecule has 3 aromatic carbocycles. The number of nitrogens with one attached hydrogen (secondary N) is 2. The Hall–Kier alpha value is -3.46. The molecule has 210 valence electrons. The Bertz CT molecular complexity index is 1610. The lowest BCUT2D eigenvalue weighted by Crippen LogP contribution is -2.54. The van der Waals surface area contributed by atoms with E-state index in [0.29, 0.717) is 46.5 Å². The Morgan fingerprint density at radius 3 is 2.56 bits per heavy atom. The molecule has 1 saturated carbocycles. The van der Waals surface area contributed by atoms with E-state index in [9.17, 15) is 14.4 Å². The molecule has 7 nitrogen and oxygen atoms in total. The van der Waals surface area contributed by atoms with Gasteiger partial charge in [-0.15, -0.1) is 0 Å². The molecule has 3 amide bonds. The van der Waals surface area contributed by atoms with Crippen molar-refractivity contribution in [2.45, 2.75) is 30.3 Å². The van der Waals surface area contributed by atoms with E-state index in [1.807, 2.05) is 6.07 Å². The van der Waals surface area contributed by atoms with Gasteiger partial charge in [-0.2, -0.15) is 0 Å². The smallest absolute Gasteiger partial charge is 0.251 e. The fourth-order valence-electron chi connectivity index (χ4n) is 7.19. The third-order valence-corrected chi connectivity index (χ3v) is 9.65. The number of rotatable bonds is 5. The fraction of sp³-hybridized carbons (Fsp3) is 0.323. The van der Waals surface area contributed by atoms with Crippen molar-refractivity contribution in [2.75, 3.05) is 30.4 Å². The molecule has 3 fully saturated rings. The van der Waals surface area contributed by atoms with Crippen molar-refractivity contribution in [3.63, 3.8) is 0 Å². The molecule has 10 heteroatoms. The minimum atomic E-state index is -1.31. The Labute approximate surface area is 246 Å². The van der Waals surface area contributed by atoms with Crippen LogP contribution in [-0.4, -0.2) is 48.8 Å². The number of carbonyl (C=O) groups is 3. The first-order valence-electron chi connectivity index (χ1n) is 13.7. The van der Waals surface area contributed by atoms with Gasteiger partial charge in [-0.1, -0.05) is 41.4 Å². The molecule has 2 N–H and O–H groups in total. The maximum atomic E-state index is 16.0. The van der Waals surface area contributed by atoms with Gasteiger partial charge >= 0.3 is 0 Å². The van der Waals surface area contributed by atoms with Crippen molar-refractivity contribution in [3.8, 4) is 0 Å². The third-order valence-electron chi connectivity index (χ3n) is 9.12. The van der Waals surface area contributed by atoms with E-state index in [4.69, 9.17) is 23.2 Å². The van der Waals surface area contributed by atoms with Crippen LogP contribution in [0.3, 0.4) is 0 Å². The van der Waals surface area contributed by atoms with Gasteiger partial charge in [0.2, 0.25) is 11.8 Å². The molecule has 4 aliphatic rings. The van der Waals surface area contributed by atoms with Gasteiger partial charge in [0.05, 0.1) is 10.9 Å². The van der Waals surface area contributed by atoms with Crippen molar-refractivity contribution < 1.29 is 18.8 Å². The number of carbonyl (C=O) groups excluding carboxylic acids is 3. The largest absolute Gasteiger partial charge is 0.355 e. The highest BCUT2D eigenvalue weighted by molar-refractivity contribution is 6.31. The summed E-state index contributed by atoms with van der Waals surface area (Å²) in [5, 5.41) is 6.03. The molecule has 3 aromatic rings. The van der Waals surface area contributed by atoms with Crippen molar-refractivity contribution in [3.05, 3.63) is 93.2 Å². The van der Waals surface area contributed by atoms with Gasteiger partial charge in [0.1, 0.15) is 11.4 Å². The van der Waals surface area contributed by atoms with Gasteiger partial charge in [-0.3, -0.25) is 19.3 Å². The van der Waals surface area contributed by atoms with E-state index < -0.39 is 23.2 Å². The lowest BCUT2D eigenvalue weighted by atomic mass is 9.71. The topological polar surface area (TPSA) is 81.8 Å². The zero-order chi connectivity index (χ0) is 28.6. The van der Waals surface area contributed by atoms with Crippen LogP contribution in [0.15, 0.2) is 60.7 Å². The lowest BCUT2D eigenvalue weighted by molar-refractivity contribution is -0.128. The van der Waals surface area contributed by atoms with E-state index in [-0.39, 0.29) is 34.3 Å². The number of amides is 3. The van der Waals surface area contributed by atoms with Crippen LogP contribution in [-0.2, 0) is 15.1 Å². The van der Waals surface area contributed by atoms with Crippen LogP contribution in [0.4, 0.5) is 15.8 Å². The van der Waals surface area contributed by atoms with Gasteiger partial charge in [-0.25, -0.2) is 4.39 Å². The first-order chi connectivity index (χ1) is 19.7. The van der Waals surface area contributed by atoms with Crippen LogP contribution in [0, 0.1) is 17.7 Å². The van der Waals surface area contributed by atoms with Crippen LogP contribution < -0.4 is 15.5 Å². The maximum absolute atomic E-state index is 16.0. The van der Waals surface area contributed by atoms with Gasteiger partial charge in [0.15, 0.2) is 0 Å². The Morgan fingerprint density at radius 1 is 1.10 bits per heavy atom. The molecule has 0 radical (unpaired) electrons. The molecule has 3 heterocycles. The maximum Gasteiger partial charge on any atom is 0.251 e. The standard InChI is InChI=1S/C31H27Cl2FN4O3/c1-35-28(39)17-7-10-19(11-8-17)37-15-24-25(29(37)40)26(20-3-2-4-22(33)27(20)34)31(38(24)14-16-5-6-16)21-12-9-18(32)13-23(21)36-30(31)41/h2-4,7-13,16,24-26H,5-6,14-15H2,1H3,(H,35,39)(H,36,41)/t24-,25+,26-,31+/m0/s1. The number of benzene rings is 3. The molecule has 1 aliphatic carbocycles. The lowest BCUT2D eigenvalue weighted by Gasteiger charge is -2.41. The molecule has 2 saturated heterocycles. The Morgan fingerprint density at radius 2 is 1.85 bits per heavy atom. The number of halogens is 3. The van der Waals surface area contributed by atoms with Crippen LogP contribution in [0.5, 0.6) is 0 Å². The summed E-state index contributed by atoms with van der Waals surface area (Å²) in [4.78, 5) is 44.6. The molecule has 1 spiro atoms. The molecular formula is C31H27Cl2FN4O3. The number of anilines is 2. The summed E-state index contributed by atoms with van der Waals surface area (Å²) in [5.74, 6) is -2.50. The first-order valence-corrected chi connectivity index (χ1v) is 14.5. The zero-order valence-electron chi connectivity index (χ0n) is 22.2. The summed E-state index contributed by atoms with van der Waals surface area (Å²) >= 11 is 12.6. The summed E-state index contributed by atoms with van der Waals surface area (Å²) in [6.45, 7) is 0.929. The molecule has 4 atom stereocenters. The monoisotopic (exact) mass is 592 g/mol. The van der Waals surface area contributed by atoms with Gasteiger partial charge in [0, 0.05) is 59.6 Å². The second-order valence-electron chi connectivity index (χ2n) is 11.3. The van der Waals surface area contributed by atoms with Crippen LogP contribution in [0.2, 0.25) is 10.0 Å². The quantitative estimate of drug-likeness (QED) is 0.428. The Balaban J connectivity index is 1.41. The highest BCUT2D eigenvalue weighted by atomic mass is 35.5. The molecular weight excluding hydrogens is 566 g/mol. The number of fused-ring (bicyclic) bond motifs is 3. The predicted octanol–water partition coefficient (Wildman–Crippen LogP) is 5.18. The van der Waals surface area contributed by atoms with Gasteiger partial charge < -0.3 is 15.5 Å². The molecule has 0 bridgehead atoms. The van der Waals surface area contributed by atoms with Crippen molar-refractivity contribution in [1.29, 1.82) is 0 Å². The van der Waals surface area contributed by atoms with Crippen LogP contribution in [0.1, 0.15) is 40.2 Å². The molecule has 3 aliphatic heterocycles. The normalized spacial score (nSPS) is 26.8. The SMILES string of the molecule is CNC(=O)c1ccc(N2C[C@H]3[C@@H](C2=O)[C@H](c2cccc(Cl)c2F)[C@]2(C(=O)Nc4cc(Cl)ccc42)N3CC2CC2)cc1. The Kier molecular flexibility index (Phi) is 6.15. The second kappa shape index (κ2) is 9.54.